The van der Waals surface area contributed by atoms with Crippen LogP contribution in [0.2, 0.25) is 5.02 Å². The van der Waals surface area contributed by atoms with Crippen molar-refractivity contribution in [2.45, 2.75) is 0 Å². The number of amides is 3. The number of nitrogens with one attached hydrogen (secondary N) is 3. The highest BCUT2D eigenvalue weighted by Crippen LogP contribution is 2.15. The van der Waals surface area contributed by atoms with E-state index in [0.29, 0.717) is 20.7 Å². The maximum Gasteiger partial charge on any atom is 0.337 e. The summed E-state index contributed by atoms with van der Waals surface area (Å²) in [5, 5.41) is 3.13. The van der Waals surface area contributed by atoms with Crippen molar-refractivity contribution in [2.24, 2.45) is 0 Å². The third kappa shape index (κ3) is 4.47. The summed E-state index contributed by atoms with van der Waals surface area (Å²) < 4.78 is 0.641. The van der Waals surface area contributed by atoms with Gasteiger partial charge >= 0.3 is 6.03 Å². The molecule has 3 amide bonds. The van der Waals surface area contributed by atoms with Crippen LogP contribution in [0.3, 0.4) is 0 Å². The minimum Gasteiger partial charge on any atom is -0.307 e. The van der Waals surface area contributed by atoms with Gasteiger partial charge in [-0.1, -0.05) is 23.7 Å². The van der Waals surface area contributed by atoms with Crippen molar-refractivity contribution in [1.29, 1.82) is 0 Å². The molecule has 108 valence electrons. The van der Waals surface area contributed by atoms with E-state index in [0.717, 1.165) is 0 Å². The predicted octanol–water partition coefficient (Wildman–Crippen LogP) is 3.57. The number of anilines is 1. The highest BCUT2D eigenvalue weighted by atomic mass is 79.9. The molecule has 0 heterocycles. The van der Waals surface area contributed by atoms with Gasteiger partial charge < -0.3 is 5.32 Å². The van der Waals surface area contributed by atoms with Crippen molar-refractivity contribution in [3.8, 4) is 0 Å². The fourth-order valence-electron chi connectivity index (χ4n) is 1.52. The van der Waals surface area contributed by atoms with Crippen molar-refractivity contribution < 1.29 is 9.59 Å². The smallest absolute Gasteiger partial charge is 0.307 e. The van der Waals surface area contributed by atoms with Crippen molar-refractivity contribution in [2.75, 3.05) is 5.32 Å². The van der Waals surface area contributed by atoms with E-state index in [1.54, 1.807) is 48.5 Å². The minimum absolute atomic E-state index is 0.421. The highest BCUT2D eigenvalue weighted by molar-refractivity contribution is 9.10. The molecule has 0 saturated carbocycles. The van der Waals surface area contributed by atoms with Gasteiger partial charge in [-0.2, -0.15) is 0 Å². The van der Waals surface area contributed by atoms with Crippen LogP contribution in [0.15, 0.2) is 53.0 Å². The summed E-state index contributed by atoms with van der Waals surface area (Å²) in [6.45, 7) is 0. The number of carbonyl (C=O) groups excluding carboxylic acids is 2. The quantitative estimate of drug-likeness (QED) is 0.709. The summed E-state index contributed by atoms with van der Waals surface area (Å²) in [7, 11) is 0. The van der Waals surface area contributed by atoms with Crippen LogP contribution >= 0.6 is 27.5 Å². The first kappa shape index (κ1) is 15.3. The fraction of sp³-hybridized carbons (Fsp3) is 0. The Morgan fingerprint density at radius 3 is 2.29 bits per heavy atom. The molecule has 0 atom stereocenters. The summed E-state index contributed by atoms with van der Waals surface area (Å²) in [6.07, 6.45) is 0. The van der Waals surface area contributed by atoms with Crippen LogP contribution in [-0.4, -0.2) is 11.9 Å². The molecule has 0 saturated heterocycles. The van der Waals surface area contributed by atoms with Gasteiger partial charge in [0.25, 0.3) is 5.91 Å². The molecule has 5 nitrogen and oxygen atoms in total. The average molecular weight is 369 g/mol. The van der Waals surface area contributed by atoms with Gasteiger partial charge in [-0.25, -0.2) is 10.2 Å². The third-order valence-corrected chi connectivity index (χ3v) is 3.45. The number of carbonyl (C=O) groups is 2. The lowest BCUT2D eigenvalue weighted by molar-refractivity contribution is 0.0937. The van der Waals surface area contributed by atoms with E-state index in [2.05, 4.69) is 32.1 Å². The van der Waals surface area contributed by atoms with Crippen molar-refractivity contribution in [1.82, 2.24) is 10.9 Å². The van der Waals surface area contributed by atoms with Crippen LogP contribution in [0.4, 0.5) is 10.5 Å². The van der Waals surface area contributed by atoms with Crippen LogP contribution in [0, 0.1) is 0 Å². The first-order chi connectivity index (χ1) is 10.1. The van der Waals surface area contributed by atoms with Gasteiger partial charge in [0.1, 0.15) is 0 Å². The van der Waals surface area contributed by atoms with Crippen LogP contribution in [0.5, 0.6) is 0 Å². The third-order valence-electron chi connectivity index (χ3n) is 2.51. The monoisotopic (exact) mass is 367 g/mol. The Balaban J connectivity index is 1.88. The number of hydrogen-bond donors (Lipinski definition) is 3. The van der Waals surface area contributed by atoms with Gasteiger partial charge in [-0.15, -0.1) is 0 Å². The van der Waals surface area contributed by atoms with E-state index in [9.17, 15) is 9.59 Å². The van der Waals surface area contributed by atoms with Gasteiger partial charge in [0.2, 0.25) is 0 Å². The first-order valence-electron chi connectivity index (χ1n) is 5.93. The molecule has 0 spiro atoms. The molecule has 2 aromatic rings. The molecule has 2 rings (SSSR count). The number of rotatable bonds is 2. The number of benzene rings is 2. The average Bonchev–Trinajstić information content (AvgIpc) is 2.48. The molecule has 7 heteroatoms. The molecular formula is C14H11BrClN3O2. The lowest BCUT2D eigenvalue weighted by Crippen LogP contribution is -2.44. The van der Waals surface area contributed by atoms with Crippen LogP contribution < -0.4 is 16.2 Å². The summed E-state index contributed by atoms with van der Waals surface area (Å²) in [4.78, 5) is 23.5. The van der Waals surface area contributed by atoms with Gasteiger partial charge in [0.15, 0.2) is 0 Å². The molecule has 0 unspecified atom stereocenters. The summed E-state index contributed by atoms with van der Waals surface area (Å²) in [5.74, 6) is -0.422. The SMILES string of the molecule is O=C(NNC(=O)c1ccccc1Br)Nc1ccc(Cl)cc1. The fourth-order valence-corrected chi connectivity index (χ4v) is 2.11. The van der Waals surface area contributed by atoms with E-state index in [4.69, 9.17) is 11.6 Å². The Hall–Kier alpha value is -2.05. The second kappa shape index (κ2) is 7.10. The Morgan fingerprint density at radius 1 is 0.952 bits per heavy atom. The lowest BCUT2D eigenvalue weighted by Gasteiger charge is -2.09. The number of hydrogen-bond acceptors (Lipinski definition) is 2. The van der Waals surface area contributed by atoms with Crippen LogP contribution in [0.25, 0.3) is 0 Å². The van der Waals surface area contributed by atoms with E-state index < -0.39 is 11.9 Å². The molecule has 0 fully saturated rings. The standard InChI is InChI=1S/C14H11BrClN3O2/c15-12-4-2-1-3-11(12)13(20)18-19-14(21)17-10-7-5-9(16)6-8-10/h1-8H,(H,18,20)(H2,17,19,21). The zero-order valence-corrected chi connectivity index (χ0v) is 13.0. The van der Waals surface area contributed by atoms with E-state index in [-0.39, 0.29) is 0 Å². The van der Waals surface area contributed by atoms with Crippen LogP contribution in [0.1, 0.15) is 10.4 Å². The molecule has 21 heavy (non-hydrogen) atoms. The Kier molecular flexibility index (Phi) is 5.19. The number of halogens is 2. The zero-order chi connectivity index (χ0) is 15.2. The Morgan fingerprint density at radius 2 is 1.62 bits per heavy atom. The van der Waals surface area contributed by atoms with E-state index in [1.165, 1.54) is 0 Å². The Bertz CT molecular complexity index is 662. The van der Waals surface area contributed by atoms with Gasteiger partial charge in [-0.3, -0.25) is 10.2 Å². The number of urea groups is 1. The normalized spacial score (nSPS) is 9.81. The summed E-state index contributed by atoms with van der Waals surface area (Å²) >= 11 is 9.01. The molecule has 3 N–H and O–H groups in total. The van der Waals surface area contributed by atoms with Crippen molar-refractivity contribution in [3.05, 3.63) is 63.6 Å². The van der Waals surface area contributed by atoms with Gasteiger partial charge in [-0.05, 0) is 52.3 Å². The molecule has 2 aromatic carbocycles. The minimum atomic E-state index is -0.558. The molecule has 0 aromatic heterocycles. The maximum atomic E-state index is 11.9. The molecule has 0 aliphatic carbocycles. The highest BCUT2D eigenvalue weighted by Gasteiger charge is 2.10. The molecule has 0 aliphatic rings. The Labute approximate surface area is 134 Å². The summed E-state index contributed by atoms with van der Waals surface area (Å²) in [5.41, 5.74) is 5.56. The van der Waals surface area contributed by atoms with Gasteiger partial charge in [0.05, 0.1) is 5.56 Å². The molecule has 0 aliphatic heterocycles. The number of hydrazine groups is 1. The first-order valence-corrected chi connectivity index (χ1v) is 7.11. The summed E-state index contributed by atoms with van der Waals surface area (Å²) in [6, 6.07) is 12.9. The second-order valence-electron chi connectivity index (χ2n) is 4.02. The van der Waals surface area contributed by atoms with Crippen molar-refractivity contribution >= 4 is 45.2 Å². The topological polar surface area (TPSA) is 70.2 Å². The largest absolute Gasteiger partial charge is 0.337 e. The maximum absolute atomic E-state index is 11.9. The van der Waals surface area contributed by atoms with E-state index >= 15 is 0 Å². The van der Waals surface area contributed by atoms with Gasteiger partial charge in [0, 0.05) is 15.2 Å². The lowest BCUT2D eigenvalue weighted by atomic mass is 10.2. The second-order valence-corrected chi connectivity index (χ2v) is 5.31. The molecule has 0 radical (unpaired) electrons. The van der Waals surface area contributed by atoms with Crippen molar-refractivity contribution in [3.63, 3.8) is 0 Å². The van der Waals surface area contributed by atoms with E-state index in [1.807, 2.05) is 0 Å². The molecule has 0 bridgehead atoms. The zero-order valence-electron chi connectivity index (χ0n) is 10.7. The predicted molar refractivity (Wildman–Crippen MR) is 85.2 cm³/mol. The van der Waals surface area contributed by atoms with Crippen LogP contribution in [-0.2, 0) is 0 Å². The molecular weight excluding hydrogens is 358 g/mol.